The summed E-state index contributed by atoms with van der Waals surface area (Å²) in [6.07, 6.45) is 3.47. The first kappa shape index (κ1) is 20.5. The van der Waals surface area contributed by atoms with Crippen molar-refractivity contribution in [3.63, 3.8) is 0 Å². The van der Waals surface area contributed by atoms with Crippen LogP contribution in [-0.4, -0.2) is 44.9 Å². The molecule has 1 saturated heterocycles. The number of nitrogens with zero attached hydrogens (tertiary/aromatic N) is 1. The Morgan fingerprint density at radius 3 is 2.59 bits per heavy atom. The molecule has 1 fully saturated rings. The topological polar surface area (TPSA) is 43.0 Å². The molecule has 2 heterocycles. The fourth-order valence-corrected chi connectivity index (χ4v) is 4.68. The van der Waals surface area contributed by atoms with Crippen molar-refractivity contribution in [2.45, 2.75) is 31.8 Å². The maximum atomic E-state index is 5.87. The highest BCUT2D eigenvalue weighted by atomic mass is 79.9. The van der Waals surface area contributed by atoms with Crippen molar-refractivity contribution < 1.29 is 14.2 Å². The molecule has 1 N–H and O–H groups in total. The average Bonchev–Trinajstić information content (AvgIpc) is 3.16. The first-order valence-corrected chi connectivity index (χ1v) is 11.2. The summed E-state index contributed by atoms with van der Waals surface area (Å²) < 4.78 is 18.0. The van der Waals surface area contributed by atoms with E-state index in [4.69, 9.17) is 14.2 Å². The molecule has 0 bridgehead atoms. The van der Waals surface area contributed by atoms with Crippen molar-refractivity contribution in [3.8, 4) is 17.2 Å². The number of methoxy groups -OCH3 is 1. The number of ether oxygens (including phenoxy) is 3. The van der Waals surface area contributed by atoms with Crippen molar-refractivity contribution in [3.05, 3.63) is 52.0 Å². The summed E-state index contributed by atoms with van der Waals surface area (Å²) in [5.41, 5.74) is 2.52. The molecule has 0 aliphatic carbocycles. The third-order valence-corrected chi connectivity index (χ3v) is 6.20. The molecule has 0 spiro atoms. The highest BCUT2D eigenvalue weighted by molar-refractivity contribution is 9.10. The number of nitrogens with one attached hydrogen (secondary N) is 1. The van der Waals surface area contributed by atoms with Crippen molar-refractivity contribution in [2.24, 2.45) is 0 Å². The van der Waals surface area contributed by atoms with Gasteiger partial charge in [-0.3, -0.25) is 4.90 Å². The van der Waals surface area contributed by atoms with E-state index in [-0.39, 0.29) is 0 Å². The molecule has 5 nitrogen and oxygen atoms in total. The van der Waals surface area contributed by atoms with Gasteiger partial charge in [-0.1, -0.05) is 12.1 Å². The van der Waals surface area contributed by atoms with Crippen LogP contribution in [0.15, 0.2) is 40.9 Å². The molecule has 4 rings (SSSR count). The van der Waals surface area contributed by atoms with Gasteiger partial charge in [0.25, 0.3) is 0 Å². The van der Waals surface area contributed by atoms with Gasteiger partial charge < -0.3 is 19.5 Å². The zero-order chi connectivity index (χ0) is 20.1. The quantitative estimate of drug-likeness (QED) is 0.656. The van der Waals surface area contributed by atoms with Crippen LogP contribution in [0.1, 0.15) is 36.4 Å². The lowest BCUT2D eigenvalue weighted by molar-refractivity contribution is 0.238. The Labute approximate surface area is 181 Å². The second-order valence-corrected chi connectivity index (χ2v) is 8.47. The molecule has 0 aromatic heterocycles. The van der Waals surface area contributed by atoms with Crippen molar-refractivity contribution in [1.29, 1.82) is 0 Å². The number of benzene rings is 2. The third kappa shape index (κ3) is 5.05. The van der Waals surface area contributed by atoms with E-state index in [1.807, 2.05) is 0 Å². The Hall–Kier alpha value is -1.76. The van der Waals surface area contributed by atoms with Gasteiger partial charge in [0.15, 0.2) is 11.5 Å². The van der Waals surface area contributed by atoms with Crippen LogP contribution in [0.2, 0.25) is 0 Å². The Morgan fingerprint density at radius 1 is 1.07 bits per heavy atom. The second-order valence-electron chi connectivity index (χ2n) is 7.62. The number of likely N-dealkylation sites (tertiary alicyclic amines) is 1. The number of hydrogen-bond donors (Lipinski definition) is 1. The molecule has 2 aromatic carbocycles. The molecule has 2 aliphatic rings. The summed E-state index contributed by atoms with van der Waals surface area (Å²) in [5, 5.41) is 3.67. The van der Waals surface area contributed by atoms with Gasteiger partial charge in [0.2, 0.25) is 0 Å². The van der Waals surface area contributed by atoms with Crippen molar-refractivity contribution in [2.75, 3.05) is 40.0 Å². The van der Waals surface area contributed by atoms with Gasteiger partial charge in [-0.2, -0.15) is 0 Å². The zero-order valence-corrected chi connectivity index (χ0v) is 18.5. The molecule has 0 radical (unpaired) electrons. The molecule has 2 aromatic rings. The largest absolute Gasteiger partial charge is 0.497 e. The molecule has 1 unspecified atom stereocenters. The number of fused-ring (bicyclic) bond motifs is 1. The summed E-state index contributed by atoms with van der Waals surface area (Å²) in [6, 6.07) is 13.1. The number of hydrogen-bond acceptors (Lipinski definition) is 5. The predicted molar refractivity (Wildman–Crippen MR) is 118 cm³/mol. The van der Waals surface area contributed by atoms with E-state index >= 15 is 0 Å². The summed E-state index contributed by atoms with van der Waals surface area (Å²) in [7, 11) is 1.71. The molecule has 1 atom stereocenters. The third-order valence-electron chi connectivity index (χ3n) is 5.61. The van der Waals surface area contributed by atoms with E-state index in [9.17, 15) is 0 Å². The van der Waals surface area contributed by atoms with Crippen LogP contribution in [0, 0.1) is 0 Å². The van der Waals surface area contributed by atoms with E-state index in [1.54, 1.807) is 7.11 Å². The SMILES string of the molecule is COc1ccc(C(CNCc2cc(Br)c3c(c2)OCCCO3)N2CCCC2)cc1. The maximum Gasteiger partial charge on any atom is 0.175 e. The lowest BCUT2D eigenvalue weighted by Crippen LogP contribution is -2.34. The normalized spacial score (nSPS) is 17.7. The Bertz CT molecular complexity index is 807. The maximum absolute atomic E-state index is 5.87. The van der Waals surface area contributed by atoms with Crippen LogP contribution in [0.5, 0.6) is 17.2 Å². The van der Waals surface area contributed by atoms with Gasteiger partial charge >= 0.3 is 0 Å². The van der Waals surface area contributed by atoms with E-state index in [0.717, 1.165) is 54.3 Å². The van der Waals surface area contributed by atoms with Gasteiger partial charge in [-0.25, -0.2) is 0 Å². The summed E-state index contributed by atoms with van der Waals surface area (Å²) in [4.78, 5) is 2.58. The molecule has 0 amide bonds. The van der Waals surface area contributed by atoms with E-state index in [0.29, 0.717) is 19.3 Å². The molecule has 29 heavy (non-hydrogen) atoms. The number of halogens is 1. The fraction of sp³-hybridized carbons (Fsp3) is 0.478. The minimum absolute atomic E-state index is 0.368. The van der Waals surface area contributed by atoms with E-state index in [1.165, 1.54) is 24.0 Å². The monoisotopic (exact) mass is 460 g/mol. The Kier molecular flexibility index (Phi) is 6.95. The fourth-order valence-electron chi connectivity index (χ4n) is 4.08. The van der Waals surface area contributed by atoms with E-state index in [2.05, 4.69) is 62.5 Å². The van der Waals surface area contributed by atoms with Crippen LogP contribution in [0.3, 0.4) is 0 Å². The minimum Gasteiger partial charge on any atom is -0.497 e. The van der Waals surface area contributed by atoms with Crippen LogP contribution in [0.25, 0.3) is 0 Å². The smallest absolute Gasteiger partial charge is 0.175 e. The van der Waals surface area contributed by atoms with Gasteiger partial charge in [0.05, 0.1) is 24.8 Å². The summed E-state index contributed by atoms with van der Waals surface area (Å²) in [5.74, 6) is 2.55. The molecule has 0 saturated carbocycles. The standard InChI is InChI=1S/C23H29BrN2O3/c1-27-19-7-5-18(6-8-19)21(26-9-2-3-10-26)16-25-15-17-13-20(24)23-22(14-17)28-11-4-12-29-23/h5-8,13-14,21,25H,2-4,9-12,15-16H2,1H3. The molecule has 6 heteroatoms. The van der Waals surface area contributed by atoms with Crippen LogP contribution >= 0.6 is 15.9 Å². The molecular weight excluding hydrogens is 432 g/mol. The average molecular weight is 461 g/mol. The zero-order valence-electron chi connectivity index (χ0n) is 17.0. The first-order chi connectivity index (χ1) is 14.2. The van der Waals surface area contributed by atoms with Crippen molar-refractivity contribution >= 4 is 15.9 Å². The van der Waals surface area contributed by atoms with Crippen LogP contribution in [-0.2, 0) is 6.54 Å². The van der Waals surface area contributed by atoms with Crippen molar-refractivity contribution in [1.82, 2.24) is 10.2 Å². The van der Waals surface area contributed by atoms with Crippen LogP contribution in [0.4, 0.5) is 0 Å². The molecule has 156 valence electrons. The predicted octanol–water partition coefficient (Wildman–Crippen LogP) is 4.55. The Morgan fingerprint density at radius 2 is 1.83 bits per heavy atom. The van der Waals surface area contributed by atoms with Gasteiger partial charge in [0, 0.05) is 25.6 Å². The van der Waals surface area contributed by atoms with E-state index < -0.39 is 0 Å². The molecule has 2 aliphatic heterocycles. The van der Waals surface area contributed by atoms with Gasteiger partial charge in [-0.15, -0.1) is 0 Å². The summed E-state index contributed by atoms with van der Waals surface area (Å²) >= 11 is 3.64. The van der Waals surface area contributed by atoms with Crippen LogP contribution < -0.4 is 19.5 Å². The second kappa shape index (κ2) is 9.83. The lowest BCUT2D eigenvalue weighted by atomic mass is 10.0. The first-order valence-electron chi connectivity index (χ1n) is 10.4. The lowest BCUT2D eigenvalue weighted by Gasteiger charge is -2.28. The highest BCUT2D eigenvalue weighted by Crippen LogP contribution is 2.38. The summed E-state index contributed by atoms with van der Waals surface area (Å²) in [6.45, 7) is 5.41. The molecular formula is C23H29BrN2O3. The van der Waals surface area contributed by atoms with Gasteiger partial charge in [0.1, 0.15) is 5.75 Å². The number of rotatable bonds is 7. The highest BCUT2D eigenvalue weighted by Gasteiger charge is 2.23. The van der Waals surface area contributed by atoms with Gasteiger partial charge in [-0.05, 0) is 77.3 Å². The Balaban J connectivity index is 1.43. The minimum atomic E-state index is 0.368.